The highest BCUT2D eigenvalue weighted by molar-refractivity contribution is 5.79. The van der Waals surface area contributed by atoms with E-state index in [4.69, 9.17) is 9.72 Å². The van der Waals surface area contributed by atoms with Crippen molar-refractivity contribution in [2.45, 2.75) is 25.3 Å². The van der Waals surface area contributed by atoms with Crippen molar-refractivity contribution in [2.24, 2.45) is 7.05 Å². The minimum absolute atomic E-state index is 0.0155. The molecule has 1 aliphatic carbocycles. The lowest BCUT2D eigenvalue weighted by atomic mass is 10.2. The Morgan fingerprint density at radius 3 is 2.80 bits per heavy atom. The molecule has 0 radical (unpaired) electrons. The summed E-state index contributed by atoms with van der Waals surface area (Å²) in [5, 5.41) is 2.89. The second-order valence-electron chi connectivity index (χ2n) is 6.50. The summed E-state index contributed by atoms with van der Waals surface area (Å²) < 4.78 is 7.63. The number of benzene rings is 2. The van der Waals surface area contributed by atoms with Gasteiger partial charge < -0.3 is 14.6 Å². The Morgan fingerprint density at radius 1 is 1.24 bits per heavy atom. The topological polar surface area (TPSA) is 56.2 Å². The van der Waals surface area contributed by atoms with Crippen molar-refractivity contribution in [1.82, 2.24) is 14.9 Å². The van der Waals surface area contributed by atoms with Gasteiger partial charge in [-0.3, -0.25) is 4.79 Å². The molecule has 2 aromatic carbocycles. The van der Waals surface area contributed by atoms with Crippen molar-refractivity contribution in [3.05, 3.63) is 59.9 Å². The Bertz CT molecular complexity index is 898. The van der Waals surface area contributed by atoms with Crippen LogP contribution in [0.5, 0.6) is 5.75 Å². The Kier molecular flexibility index (Phi) is 4.14. The van der Waals surface area contributed by atoms with Crippen molar-refractivity contribution in [2.75, 3.05) is 6.61 Å². The monoisotopic (exact) mass is 335 g/mol. The van der Waals surface area contributed by atoms with E-state index in [1.807, 2.05) is 36.4 Å². The third-order valence-corrected chi connectivity index (χ3v) is 4.53. The molecule has 1 N–H and O–H groups in total. The molecule has 1 amide bonds. The third kappa shape index (κ3) is 3.50. The van der Waals surface area contributed by atoms with Gasteiger partial charge >= 0.3 is 0 Å². The van der Waals surface area contributed by atoms with E-state index in [2.05, 4.69) is 29.1 Å². The van der Waals surface area contributed by atoms with Crippen LogP contribution in [0.15, 0.2) is 48.5 Å². The summed E-state index contributed by atoms with van der Waals surface area (Å²) in [6.07, 6.45) is 2.48. The number of imidazole rings is 1. The van der Waals surface area contributed by atoms with E-state index >= 15 is 0 Å². The fourth-order valence-corrected chi connectivity index (χ4v) is 3.00. The molecule has 0 unspecified atom stereocenters. The predicted octanol–water partition coefficient (Wildman–Crippen LogP) is 3.15. The van der Waals surface area contributed by atoms with E-state index in [1.54, 1.807) is 0 Å². The molecule has 4 rings (SSSR count). The average molecular weight is 335 g/mol. The van der Waals surface area contributed by atoms with E-state index in [-0.39, 0.29) is 12.5 Å². The van der Waals surface area contributed by atoms with Crippen LogP contribution in [0.3, 0.4) is 0 Å². The van der Waals surface area contributed by atoms with E-state index in [9.17, 15) is 4.79 Å². The number of hydrogen-bond donors (Lipinski definition) is 1. The Labute approximate surface area is 146 Å². The van der Waals surface area contributed by atoms with Gasteiger partial charge in [0.05, 0.1) is 11.0 Å². The quantitative estimate of drug-likeness (QED) is 0.753. The Morgan fingerprint density at radius 2 is 2.04 bits per heavy atom. The molecular weight excluding hydrogens is 314 g/mol. The molecule has 25 heavy (non-hydrogen) atoms. The number of aromatic nitrogens is 2. The van der Waals surface area contributed by atoms with Crippen molar-refractivity contribution in [3.8, 4) is 5.75 Å². The van der Waals surface area contributed by atoms with Crippen LogP contribution in [0, 0.1) is 0 Å². The molecule has 5 heteroatoms. The maximum atomic E-state index is 12.0. The zero-order valence-corrected chi connectivity index (χ0v) is 14.2. The maximum Gasteiger partial charge on any atom is 0.258 e. The molecule has 1 fully saturated rings. The van der Waals surface area contributed by atoms with Gasteiger partial charge in [0.25, 0.3) is 5.91 Å². The fourth-order valence-electron chi connectivity index (χ4n) is 3.00. The standard InChI is InChI=1S/C20H21N3O2/c1-23-18-10-7-14(11-17(18)22-20(23)15-8-9-15)12-21-19(24)13-25-16-5-3-2-4-6-16/h2-7,10-11,15H,8-9,12-13H2,1H3,(H,21,24). The Hall–Kier alpha value is -2.82. The highest BCUT2D eigenvalue weighted by atomic mass is 16.5. The predicted molar refractivity (Wildman–Crippen MR) is 96.5 cm³/mol. The summed E-state index contributed by atoms with van der Waals surface area (Å²) in [6, 6.07) is 15.5. The largest absolute Gasteiger partial charge is 0.484 e. The van der Waals surface area contributed by atoms with Crippen molar-refractivity contribution in [3.63, 3.8) is 0 Å². The number of ether oxygens (including phenoxy) is 1. The van der Waals surface area contributed by atoms with E-state index in [1.165, 1.54) is 18.7 Å². The molecule has 1 heterocycles. The zero-order chi connectivity index (χ0) is 17.2. The first-order valence-corrected chi connectivity index (χ1v) is 8.60. The molecule has 128 valence electrons. The molecular formula is C20H21N3O2. The number of carbonyl (C=O) groups excluding carboxylic acids is 1. The number of nitrogens with zero attached hydrogens (tertiary/aromatic N) is 2. The number of amides is 1. The first-order valence-electron chi connectivity index (χ1n) is 8.60. The van der Waals surface area contributed by atoms with Gasteiger partial charge in [-0.25, -0.2) is 4.98 Å². The van der Waals surface area contributed by atoms with Crippen LogP contribution < -0.4 is 10.1 Å². The SMILES string of the molecule is Cn1c(C2CC2)nc2cc(CNC(=O)COc3ccccc3)ccc21. The number of aryl methyl sites for hydroxylation is 1. The molecule has 1 aromatic heterocycles. The lowest BCUT2D eigenvalue weighted by Crippen LogP contribution is -2.28. The van der Waals surface area contributed by atoms with Crippen LogP contribution in [-0.4, -0.2) is 22.1 Å². The van der Waals surface area contributed by atoms with Gasteiger partial charge in [0.15, 0.2) is 6.61 Å². The molecule has 5 nitrogen and oxygen atoms in total. The van der Waals surface area contributed by atoms with Gasteiger partial charge in [0, 0.05) is 19.5 Å². The highest BCUT2D eigenvalue weighted by Crippen LogP contribution is 2.40. The van der Waals surface area contributed by atoms with Crippen molar-refractivity contribution < 1.29 is 9.53 Å². The number of carbonyl (C=O) groups is 1. The summed E-state index contributed by atoms with van der Waals surface area (Å²) >= 11 is 0. The maximum absolute atomic E-state index is 12.0. The summed E-state index contributed by atoms with van der Waals surface area (Å²) in [5.41, 5.74) is 3.18. The minimum atomic E-state index is -0.136. The van der Waals surface area contributed by atoms with Crippen LogP contribution in [0.4, 0.5) is 0 Å². The second-order valence-corrected chi connectivity index (χ2v) is 6.50. The molecule has 0 atom stereocenters. The van der Waals surface area contributed by atoms with Crippen molar-refractivity contribution >= 4 is 16.9 Å². The summed E-state index contributed by atoms with van der Waals surface area (Å²) in [7, 11) is 2.07. The van der Waals surface area contributed by atoms with Crippen molar-refractivity contribution in [1.29, 1.82) is 0 Å². The number of nitrogens with one attached hydrogen (secondary N) is 1. The number of para-hydroxylation sites is 1. The molecule has 0 saturated heterocycles. The molecule has 0 bridgehead atoms. The number of rotatable bonds is 6. The van der Waals surface area contributed by atoms with Crippen LogP contribution in [-0.2, 0) is 18.4 Å². The molecule has 1 aliphatic rings. The van der Waals surface area contributed by atoms with Gasteiger partial charge in [-0.15, -0.1) is 0 Å². The normalized spacial score (nSPS) is 13.8. The number of fused-ring (bicyclic) bond motifs is 1. The summed E-state index contributed by atoms with van der Waals surface area (Å²) in [4.78, 5) is 16.7. The third-order valence-electron chi connectivity index (χ3n) is 4.53. The molecule has 3 aromatic rings. The lowest BCUT2D eigenvalue weighted by Gasteiger charge is -2.07. The smallest absolute Gasteiger partial charge is 0.258 e. The summed E-state index contributed by atoms with van der Waals surface area (Å²) in [5.74, 6) is 2.35. The molecule has 0 spiro atoms. The van der Waals surface area contributed by atoms with E-state index < -0.39 is 0 Å². The van der Waals surface area contributed by atoms with Crippen LogP contribution >= 0.6 is 0 Å². The highest BCUT2D eigenvalue weighted by Gasteiger charge is 2.28. The first kappa shape index (κ1) is 15.7. The van der Waals surface area contributed by atoms with Gasteiger partial charge in [-0.2, -0.15) is 0 Å². The van der Waals surface area contributed by atoms with E-state index in [0.29, 0.717) is 18.2 Å². The Balaban J connectivity index is 1.36. The van der Waals surface area contributed by atoms with Gasteiger partial charge in [0.2, 0.25) is 0 Å². The lowest BCUT2D eigenvalue weighted by molar-refractivity contribution is -0.123. The second kappa shape index (κ2) is 6.59. The van der Waals surface area contributed by atoms with E-state index in [0.717, 1.165) is 16.6 Å². The van der Waals surface area contributed by atoms with Crippen LogP contribution in [0.2, 0.25) is 0 Å². The first-order chi connectivity index (χ1) is 12.2. The zero-order valence-electron chi connectivity index (χ0n) is 14.2. The van der Waals surface area contributed by atoms with Gasteiger partial charge in [-0.05, 0) is 42.7 Å². The fraction of sp³-hybridized carbons (Fsp3) is 0.300. The van der Waals surface area contributed by atoms with Gasteiger partial charge in [-0.1, -0.05) is 24.3 Å². The van der Waals surface area contributed by atoms with Gasteiger partial charge in [0.1, 0.15) is 11.6 Å². The average Bonchev–Trinajstić information content (AvgIpc) is 3.43. The van der Waals surface area contributed by atoms with Crippen LogP contribution in [0.1, 0.15) is 30.1 Å². The molecule has 0 aliphatic heterocycles. The minimum Gasteiger partial charge on any atom is -0.484 e. The molecule has 1 saturated carbocycles. The van der Waals surface area contributed by atoms with Crippen LogP contribution in [0.25, 0.3) is 11.0 Å². The number of hydrogen-bond acceptors (Lipinski definition) is 3. The summed E-state index contributed by atoms with van der Waals surface area (Å²) in [6.45, 7) is 0.490.